The van der Waals surface area contributed by atoms with Crippen molar-refractivity contribution in [1.29, 1.82) is 0 Å². The van der Waals surface area contributed by atoms with Gasteiger partial charge < -0.3 is 10.6 Å². The van der Waals surface area contributed by atoms with Crippen molar-refractivity contribution in [2.75, 3.05) is 13.1 Å². The Hall–Kier alpha value is -0.0800. The van der Waals surface area contributed by atoms with Crippen LogP contribution >= 0.6 is 0 Å². The van der Waals surface area contributed by atoms with E-state index in [0.717, 1.165) is 11.8 Å². The van der Waals surface area contributed by atoms with E-state index in [-0.39, 0.29) is 0 Å². The lowest BCUT2D eigenvalue weighted by Gasteiger charge is -2.37. The molecule has 1 saturated carbocycles. The van der Waals surface area contributed by atoms with Crippen LogP contribution in [-0.2, 0) is 0 Å². The number of hydrogen-bond donors (Lipinski definition) is 1. The van der Waals surface area contributed by atoms with Gasteiger partial charge in [-0.1, -0.05) is 0 Å². The van der Waals surface area contributed by atoms with E-state index in [9.17, 15) is 0 Å². The van der Waals surface area contributed by atoms with E-state index in [4.69, 9.17) is 5.73 Å². The standard InChI is InChI=1S/C12H24N2/c1-10(13)8-11(2)14-7-3-4-12(9-14)5-6-12/h10-11H,3-9,13H2,1-2H3. The molecule has 0 aromatic heterocycles. The summed E-state index contributed by atoms with van der Waals surface area (Å²) >= 11 is 0. The van der Waals surface area contributed by atoms with Gasteiger partial charge in [-0.25, -0.2) is 0 Å². The van der Waals surface area contributed by atoms with E-state index in [2.05, 4.69) is 18.7 Å². The van der Waals surface area contributed by atoms with E-state index in [1.165, 1.54) is 38.8 Å². The Morgan fingerprint density at radius 2 is 2.00 bits per heavy atom. The maximum Gasteiger partial charge on any atom is 0.00817 e. The normalized spacial score (nSPS) is 30.2. The molecule has 2 nitrogen and oxygen atoms in total. The van der Waals surface area contributed by atoms with Crippen LogP contribution in [0.5, 0.6) is 0 Å². The van der Waals surface area contributed by atoms with Crippen LogP contribution in [0.15, 0.2) is 0 Å². The second-order valence-electron chi connectivity index (χ2n) is 5.64. The Morgan fingerprint density at radius 3 is 2.57 bits per heavy atom. The van der Waals surface area contributed by atoms with Gasteiger partial charge in [0, 0.05) is 18.6 Å². The number of nitrogens with two attached hydrogens (primary N) is 1. The van der Waals surface area contributed by atoms with Crippen molar-refractivity contribution in [2.45, 2.75) is 58.0 Å². The highest BCUT2D eigenvalue weighted by atomic mass is 15.2. The minimum Gasteiger partial charge on any atom is -0.328 e. The fourth-order valence-corrected chi connectivity index (χ4v) is 2.89. The molecule has 1 saturated heterocycles. The minimum atomic E-state index is 0.349. The molecule has 1 heterocycles. The predicted octanol–water partition coefficient (Wildman–Crippen LogP) is 1.99. The summed E-state index contributed by atoms with van der Waals surface area (Å²) < 4.78 is 0. The Balaban J connectivity index is 1.84. The molecule has 82 valence electrons. The summed E-state index contributed by atoms with van der Waals surface area (Å²) in [4.78, 5) is 2.67. The molecule has 14 heavy (non-hydrogen) atoms. The molecular formula is C12H24N2. The summed E-state index contributed by atoms with van der Waals surface area (Å²) in [6.45, 7) is 7.11. The zero-order valence-corrected chi connectivity index (χ0v) is 9.63. The van der Waals surface area contributed by atoms with Crippen LogP contribution in [0.2, 0.25) is 0 Å². The number of nitrogens with zero attached hydrogens (tertiary/aromatic N) is 1. The van der Waals surface area contributed by atoms with Gasteiger partial charge in [-0.05, 0) is 57.9 Å². The lowest BCUT2D eigenvalue weighted by Crippen LogP contribution is -2.44. The SMILES string of the molecule is CC(N)CC(C)N1CCCC2(CC2)C1. The fourth-order valence-electron chi connectivity index (χ4n) is 2.89. The van der Waals surface area contributed by atoms with Crippen LogP contribution in [0.25, 0.3) is 0 Å². The van der Waals surface area contributed by atoms with Crippen LogP contribution in [0, 0.1) is 5.41 Å². The molecule has 2 aliphatic rings. The average molecular weight is 196 g/mol. The number of hydrogen-bond acceptors (Lipinski definition) is 2. The first kappa shape index (κ1) is 10.4. The van der Waals surface area contributed by atoms with Gasteiger partial charge in [0.2, 0.25) is 0 Å². The van der Waals surface area contributed by atoms with E-state index < -0.39 is 0 Å². The highest BCUT2D eigenvalue weighted by molar-refractivity contribution is 4.98. The smallest absolute Gasteiger partial charge is 0.00817 e. The van der Waals surface area contributed by atoms with Crippen LogP contribution in [0.4, 0.5) is 0 Å². The average Bonchev–Trinajstić information content (AvgIpc) is 2.84. The van der Waals surface area contributed by atoms with Crippen molar-refractivity contribution in [3.8, 4) is 0 Å². The summed E-state index contributed by atoms with van der Waals surface area (Å²) in [7, 11) is 0. The molecule has 2 rings (SSSR count). The van der Waals surface area contributed by atoms with E-state index in [1.54, 1.807) is 0 Å². The van der Waals surface area contributed by atoms with Gasteiger partial charge in [-0.2, -0.15) is 0 Å². The summed E-state index contributed by atoms with van der Waals surface area (Å²) in [6.07, 6.45) is 7.00. The van der Waals surface area contributed by atoms with E-state index >= 15 is 0 Å². The number of piperidine rings is 1. The summed E-state index contributed by atoms with van der Waals surface area (Å²) in [5.41, 5.74) is 6.61. The van der Waals surface area contributed by atoms with E-state index in [1.807, 2.05) is 0 Å². The van der Waals surface area contributed by atoms with Gasteiger partial charge in [0.05, 0.1) is 0 Å². The second kappa shape index (κ2) is 3.82. The molecule has 2 atom stereocenters. The first-order valence-electron chi connectivity index (χ1n) is 6.11. The maximum atomic E-state index is 5.86. The summed E-state index contributed by atoms with van der Waals surface area (Å²) in [6, 6.07) is 1.04. The zero-order chi connectivity index (χ0) is 10.2. The van der Waals surface area contributed by atoms with Crippen LogP contribution < -0.4 is 5.73 Å². The van der Waals surface area contributed by atoms with Gasteiger partial charge >= 0.3 is 0 Å². The second-order valence-corrected chi connectivity index (χ2v) is 5.64. The minimum absolute atomic E-state index is 0.349. The molecule has 2 unspecified atom stereocenters. The van der Waals surface area contributed by atoms with Gasteiger partial charge in [-0.3, -0.25) is 0 Å². The largest absolute Gasteiger partial charge is 0.328 e. The first-order valence-corrected chi connectivity index (χ1v) is 6.11. The molecular weight excluding hydrogens is 172 g/mol. The van der Waals surface area contributed by atoms with Crippen molar-refractivity contribution < 1.29 is 0 Å². The van der Waals surface area contributed by atoms with Crippen LogP contribution in [0.3, 0.4) is 0 Å². The summed E-state index contributed by atoms with van der Waals surface area (Å²) in [5.74, 6) is 0. The van der Waals surface area contributed by atoms with Crippen molar-refractivity contribution in [3.05, 3.63) is 0 Å². The molecule has 0 amide bonds. The van der Waals surface area contributed by atoms with Gasteiger partial charge in [0.1, 0.15) is 0 Å². The Labute approximate surface area is 87.8 Å². The van der Waals surface area contributed by atoms with Gasteiger partial charge in [0.15, 0.2) is 0 Å². The molecule has 1 spiro atoms. The molecule has 1 aliphatic carbocycles. The lowest BCUT2D eigenvalue weighted by molar-refractivity contribution is 0.112. The first-order chi connectivity index (χ1) is 6.61. The Kier molecular flexibility index (Phi) is 2.85. The fraction of sp³-hybridized carbons (Fsp3) is 1.00. The van der Waals surface area contributed by atoms with E-state index in [0.29, 0.717) is 12.1 Å². The van der Waals surface area contributed by atoms with Crippen LogP contribution in [-0.4, -0.2) is 30.1 Å². The zero-order valence-electron chi connectivity index (χ0n) is 9.63. The highest BCUT2D eigenvalue weighted by Gasteiger charge is 2.45. The quantitative estimate of drug-likeness (QED) is 0.748. The molecule has 0 aromatic carbocycles. The highest BCUT2D eigenvalue weighted by Crippen LogP contribution is 2.52. The summed E-state index contributed by atoms with van der Waals surface area (Å²) in [5, 5.41) is 0. The molecule has 2 N–H and O–H groups in total. The van der Waals surface area contributed by atoms with Crippen molar-refractivity contribution in [3.63, 3.8) is 0 Å². The molecule has 2 fully saturated rings. The third kappa shape index (κ3) is 2.29. The monoisotopic (exact) mass is 196 g/mol. The van der Waals surface area contributed by atoms with Crippen LogP contribution in [0.1, 0.15) is 46.0 Å². The molecule has 0 aromatic rings. The molecule has 1 aliphatic heterocycles. The Bertz CT molecular complexity index is 196. The van der Waals surface area contributed by atoms with Crippen molar-refractivity contribution in [1.82, 2.24) is 4.90 Å². The molecule has 0 bridgehead atoms. The molecule has 0 radical (unpaired) electrons. The van der Waals surface area contributed by atoms with Gasteiger partial charge in [0.25, 0.3) is 0 Å². The third-order valence-corrected chi connectivity index (χ3v) is 3.98. The van der Waals surface area contributed by atoms with Gasteiger partial charge in [-0.15, -0.1) is 0 Å². The third-order valence-electron chi connectivity index (χ3n) is 3.98. The number of likely N-dealkylation sites (tertiary alicyclic amines) is 1. The predicted molar refractivity (Wildman–Crippen MR) is 60.2 cm³/mol. The Morgan fingerprint density at radius 1 is 1.29 bits per heavy atom. The lowest BCUT2D eigenvalue weighted by atomic mass is 9.93. The van der Waals surface area contributed by atoms with Crippen molar-refractivity contribution in [2.24, 2.45) is 11.1 Å². The topological polar surface area (TPSA) is 29.3 Å². The maximum absolute atomic E-state index is 5.86. The van der Waals surface area contributed by atoms with Crippen molar-refractivity contribution >= 4 is 0 Å². The number of rotatable bonds is 3. The molecule has 2 heteroatoms.